The highest BCUT2D eigenvalue weighted by Crippen LogP contribution is 2.14. The number of aromatic nitrogens is 2. The maximum absolute atomic E-state index is 12.1. The molecule has 1 aromatic heterocycles. The van der Waals surface area contributed by atoms with Crippen molar-refractivity contribution in [3.63, 3.8) is 0 Å². The fourth-order valence-electron chi connectivity index (χ4n) is 1.58. The molecule has 0 aromatic carbocycles. The van der Waals surface area contributed by atoms with Gasteiger partial charge in [0.1, 0.15) is 6.67 Å². The largest absolute Gasteiger partial charge is 0.294 e. The van der Waals surface area contributed by atoms with Gasteiger partial charge in [-0.3, -0.25) is 9.48 Å². The molecule has 78 valence electrons. The van der Waals surface area contributed by atoms with Crippen LogP contribution in [0.4, 0.5) is 4.39 Å². The van der Waals surface area contributed by atoms with Gasteiger partial charge in [0, 0.05) is 12.1 Å². The zero-order valence-corrected chi connectivity index (χ0v) is 8.80. The number of carbonyl (C=O) groups is 1. The van der Waals surface area contributed by atoms with Gasteiger partial charge in [0.15, 0.2) is 5.78 Å². The third-order valence-electron chi connectivity index (χ3n) is 2.28. The third kappa shape index (κ3) is 1.84. The minimum absolute atomic E-state index is 0.0742. The summed E-state index contributed by atoms with van der Waals surface area (Å²) >= 11 is 0. The lowest BCUT2D eigenvalue weighted by Crippen LogP contribution is -2.05. The molecule has 1 aromatic rings. The molecular weight excluding hydrogens is 183 g/mol. The fourth-order valence-corrected chi connectivity index (χ4v) is 1.58. The zero-order chi connectivity index (χ0) is 10.7. The second kappa shape index (κ2) is 4.35. The highest BCUT2D eigenvalue weighted by atomic mass is 19.1. The van der Waals surface area contributed by atoms with Gasteiger partial charge in [-0.15, -0.1) is 0 Å². The average Bonchev–Trinajstić information content (AvgIpc) is 2.42. The lowest BCUT2D eigenvalue weighted by atomic mass is 10.1. The third-order valence-corrected chi connectivity index (χ3v) is 2.28. The molecule has 14 heavy (non-hydrogen) atoms. The number of rotatable bonds is 4. The summed E-state index contributed by atoms with van der Waals surface area (Å²) in [6.45, 7) is 5.17. The minimum atomic E-state index is -0.457. The van der Waals surface area contributed by atoms with Crippen LogP contribution in [-0.2, 0) is 6.54 Å². The highest BCUT2D eigenvalue weighted by molar-refractivity contribution is 5.97. The van der Waals surface area contributed by atoms with Crippen molar-refractivity contribution >= 4 is 5.78 Å². The maximum Gasteiger partial charge on any atom is 0.166 e. The number of ketones is 1. The summed E-state index contributed by atoms with van der Waals surface area (Å²) in [6, 6.07) is 0. The van der Waals surface area contributed by atoms with Crippen LogP contribution >= 0.6 is 0 Å². The molecule has 0 bridgehead atoms. The van der Waals surface area contributed by atoms with E-state index >= 15 is 0 Å². The number of carbonyl (C=O) groups excluding carboxylic acids is 1. The summed E-state index contributed by atoms with van der Waals surface area (Å²) in [5, 5.41) is 4.12. The average molecular weight is 198 g/mol. The van der Waals surface area contributed by atoms with Crippen LogP contribution in [0.5, 0.6) is 0 Å². The first kappa shape index (κ1) is 10.9. The van der Waals surface area contributed by atoms with Crippen LogP contribution in [-0.4, -0.2) is 22.2 Å². The van der Waals surface area contributed by atoms with Crippen LogP contribution in [0, 0.1) is 13.8 Å². The molecule has 3 nitrogen and oxygen atoms in total. The van der Waals surface area contributed by atoms with E-state index in [1.165, 1.54) is 0 Å². The Morgan fingerprint density at radius 1 is 1.50 bits per heavy atom. The molecule has 0 N–H and O–H groups in total. The quantitative estimate of drug-likeness (QED) is 0.694. The van der Waals surface area contributed by atoms with E-state index in [-0.39, 0.29) is 12.3 Å². The van der Waals surface area contributed by atoms with E-state index in [1.807, 2.05) is 6.92 Å². The molecule has 0 unspecified atom stereocenters. The van der Waals surface area contributed by atoms with E-state index in [1.54, 1.807) is 18.5 Å². The van der Waals surface area contributed by atoms with Gasteiger partial charge in [0.05, 0.1) is 17.8 Å². The Balaban J connectivity index is 3.11. The van der Waals surface area contributed by atoms with Crippen LogP contribution in [0.2, 0.25) is 0 Å². The first-order valence-corrected chi connectivity index (χ1v) is 4.75. The fraction of sp³-hybridized carbons (Fsp3) is 0.600. The topological polar surface area (TPSA) is 34.9 Å². The number of Topliss-reactive ketones (excluding diaryl/α,β-unsaturated/α-hetero) is 1. The van der Waals surface area contributed by atoms with Crippen LogP contribution in [0.1, 0.15) is 35.1 Å². The molecule has 4 heteroatoms. The molecule has 0 saturated heterocycles. The molecule has 0 amide bonds. The Labute approximate surface area is 82.9 Å². The summed E-state index contributed by atoms with van der Waals surface area (Å²) in [6.07, 6.45) is 0.461. The minimum Gasteiger partial charge on any atom is -0.294 e. The lowest BCUT2D eigenvalue weighted by molar-refractivity contribution is 0.0987. The van der Waals surface area contributed by atoms with Crippen molar-refractivity contribution in [1.29, 1.82) is 0 Å². The molecule has 0 radical (unpaired) electrons. The van der Waals surface area contributed by atoms with Gasteiger partial charge in [-0.05, 0) is 13.8 Å². The van der Waals surface area contributed by atoms with Crippen molar-refractivity contribution in [3.05, 3.63) is 17.0 Å². The summed E-state index contributed by atoms with van der Waals surface area (Å²) < 4.78 is 13.7. The van der Waals surface area contributed by atoms with E-state index < -0.39 is 6.67 Å². The standard InChI is InChI=1S/C10H15FN2O/c1-4-9(14)10-7(2)12-13(6-5-11)8(10)3/h4-6H2,1-3H3. The number of alkyl halides is 1. The van der Waals surface area contributed by atoms with E-state index in [2.05, 4.69) is 5.10 Å². The lowest BCUT2D eigenvalue weighted by Gasteiger charge is -2.00. The molecular formula is C10H15FN2O. The molecule has 1 rings (SSSR count). The van der Waals surface area contributed by atoms with E-state index in [9.17, 15) is 9.18 Å². The van der Waals surface area contributed by atoms with Crippen LogP contribution in [0.25, 0.3) is 0 Å². The first-order valence-electron chi connectivity index (χ1n) is 4.75. The van der Waals surface area contributed by atoms with Crippen molar-refractivity contribution in [1.82, 2.24) is 9.78 Å². The van der Waals surface area contributed by atoms with Crippen molar-refractivity contribution in [3.8, 4) is 0 Å². The summed E-state index contributed by atoms with van der Waals surface area (Å²) in [7, 11) is 0. The summed E-state index contributed by atoms with van der Waals surface area (Å²) in [5.41, 5.74) is 2.12. The van der Waals surface area contributed by atoms with Crippen molar-refractivity contribution < 1.29 is 9.18 Å². The number of nitrogens with zero attached hydrogens (tertiary/aromatic N) is 2. The number of aryl methyl sites for hydroxylation is 2. The maximum atomic E-state index is 12.1. The normalized spacial score (nSPS) is 10.6. The molecule has 0 saturated carbocycles. The number of hydrogen-bond acceptors (Lipinski definition) is 2. The van der Waals surface area contributed by atoms with E-state index in [0.29, 0.717) is 17.7 Å². The smallest absolute Gasteiger partial charge is 0.166 e. The Kier molecular flexibility index (Phi) is 3.38. The van der Waals surface area contributed by atoms with E-state index in [0.717, 1.165) is 5.69 Å². The van der Waals surface area contributed by atoms with Crippen molar-refractivity contribution in [2.75, 3.05) is 6.67 Å². The first-order chi connectivity index (χ1) is 6.61. The van der Waals surface area contributed by atoms with Crippen LogP contribution in [0.15, 0.2) is 0 Å². The van der Waals surface area contributed by atoms with Gasteiger partial charge in [0.25, 0.3) is 0 Å². The summed E-state index contributed by atoms with van der Waals surface area (Å²) in [4.78, 5) is 11.5. The predicted octanol–water partition coefficient (Wildman–Crippen LogP) is 2.06. The van der Waals surface area contributed by atoms with Gasteiger partial charge in [-0.2, -0.15) is 5.10 Å². The zero-order valence-electron chi connectivity index (χ0n) is 8.80. The summed E-state index contributed by atoms with van der Waals surface area (Å²) in [5.74, 6) is 0.0742. The molecule has 0 fully saturated rings. The van der Waals surface area contributed by atoms with E-state index in [4.69, 9.17) is 0 Å². The Morgan fingerprint density at radius 3 is 2.64 bits per heavy atom. The van der Waals surface area contributed by atoms with Gasteiger partial charge >= 0.3 is 0 Å². The van der Waals surface area contributed by atoms with Crippen LogP contribution in [0.3, 0.4) is 0 Å². The monoisotopic (exact) mass is 198 g/mol. The van der Waals surface area contributed by atoms with Gasteiger partial charge in [-0.1, -0.05) is 6.92 Å². The molecule has 0 aliphatic heterocycles. The molecule has 0 atom stereocenters. The van der Waals surface area contributed by atoms with Gasteiger partial charge < -0.3 is 0 Å². The molecule has 1 heterocycles. The second-order valence-corrected chi connectivity index (χ2v) is 3.23. The van der Waals surface area contributed by atoms with Crippen molar-refractivity contribution in [2.24, 2.45) is 0 Å². The number of hydrogen-bond donors (Lipinski definition) is 0. The molecule has 0 aliphatic rings. The number of halogens is 1. The molecule has 0 aliphatic carbocycles. The van der Waals surface area contributed by atoms with Gasteiger partial charge in [-0.25, -0.2) is 4.39 Å². The SMILES string of the molecule is CCC(=O)c1c(C)nn(CCF)c1C. The molecule has 0 spiro atoms. The predicted molar refractivity (Wildman–Crippen MR) is 52.3 cm³/mol. The second-order valence-electron chi connectivity index (χ2n) is 3.23. The highest BCUT2D eigenvalue weighted by Gasteiger charge is 2.16. The Hall–Kier alpha value is -1.19. The van der Waals surface area contributed by atoms with Gasteiger partial charge in [0.2, 0.25) is 0 Å². The Morgan fingerprint density at radius 2 is 2.14 bits per heavy atom. The Bertz CT molecular complexity index is 344. The van der Waals surface area contributed by atoms with Crippen molar-refractivity contribution in [2.45, 2.75) is 33.7 Å². The van der Waals surface area contributed by atoms with Crippen LogP contribution < -0.4 is 0 Å².